The van der Waals surface area contributed by atoms with Crippen LogP contribution in [0.15, 0.2) is 0 Å². The van der Waals surface area contributed by atoms with E-state index >= 15 is 0 Å². The number of aliphatic carboxylic acids is 1. The van der Waals surface area contributed by atoms with Gasteiger partial charge in [-0.1, -0.05) is 13.8 Å². The summed E-state index contributed by atoms with van der Waals surface area (Å²) in [5.41, 5.74) is 0. The molecule has 1 N–H and O–H groups in total. The molecular weight excluding hydrogens is 216 g/mol. The van der Waals surface area contributed by atoms with E-state index in [9.17, 15) is 4.79 Å². The van der Waals surface area contributed by atoms with E-state index in [2.05, 4.69) is 13.8 Å². The maximum absolute atomic E-state index is 10.5. The van der Waals surface area contributed by atoms with Crippen LogP contribution >= 0.6 is 11.6 Å². The number of carboxylic acid groups (broad SMARTS) is 1. The standard InChI is InChI=1S/C11H19ClO3/c1-7-3-8(2)5-9(4-7)15-6-10(12)11(13)14/h7-10H,3-6H2,1-2H3,(H,13,14). The predicted molar refractivity (Wildman–Crippen MR) is 59.2 cm³/mol. The van der Waals surface area contributed by atoms with Gasteiger partial charge in [-0.05, 0) is 31.1 Å². The Labute approximate surface area is 95.8 Å². The largest absolute Gasteiger partial charge is 0.480 e. The van der Waals surface area contributed by atoms with E-state index in [-0.39, 0.29) is 12.7 Å². The first-order valence-corrected chi connectivity index (χ1v) is 5.91. The average molecular weight is 235 g/mol. The molecule has 0 aromatic carbocycles. The topological polar surface area (TPSA) is 46.5 Å². The second-order valence-electron chi connectivity index (χ2n) is 4.68. The fourth-order valence-corrected chi connectivity index (χ4v) is 2.37. The first-order chi connectivity index (χ1) is 6.99. The molecule has 0 amide bonds. The van der Waals surface area contributed by atoms with Crippen LogP contribution in [-0.2, 0) is 9.53 Å². The molecule has 1 aliphatic rings. The molecule has 0 bridgehead atoms. The summed E-state index contributed by atoms with van der Waals surface area (Å²) in [5.74, 6) is 0.322. The van der Waals surface area contributed by atoms with Crippen molar-refractivity contribution in [3.8, 4) is 0 Å². The van der Waals surface area contributed by atoms with E-state index in [1.165, 1.54) is 6.42 Å². The SMILES string of the molecule is CC1CC(C)CC(OCC(Cl)C(=O)O)C1. The lowest BCUT2D eigenvalue weighted by Gasteiger charge is -2.31. The molecule has 0 radical (unpaired) electrons. The minimum atomic E-state index is -1.01. The number of ether oxygens (including phenoxy) is 1. The minimum absolute atomic E-state index is 0.112. The Balaban J connectivity index is 2.29. The third kappa shape index (κ3) is 4.39. The van der Waals surface area contributed by atoms with Crippen molar-refractivity contribution in [1.29, 1.82) is 0 Å². The molecule has 0 spiro atoms. The molecule has 15 heavy (non-hydrogen) atoms. The number of rotatable bonds is 4. The van der Waals surface area contributed by atoms with Crippen LogP contribution in [0.1, 0.15) is 33.1 Å². The van der Waals surface area contributed by atoms with Crippen molar-refractivity contribution >= 4 is 17.6 Å². The zero-order chi connectivity index (χ0) is 11.4. The molecule has 1 saturated carbocycles. The fraction of sp³-hybridized carbons (Fsp3) is 0.909. The normalized spacial score (nSPS) is 33.7. The Bertz CT molecular complexity index is 210. The van der Waals surface area contributed by atoms with Gasteiger partial charge in [0.1, 0.15) is 0 Å². The van der Waals surface area contributed by atoms with E-state index in [1.54, 1.807) is 0 Å². The summed E-state index contributed by atoms with van der Waals surface area (Å²) < 4.78 is 5.53. The average Bonchev–Trinajstić information content (AvgIpc) is 2.12. The molecule has 3 atom stereocenters. The van der Waals surface area contributed by atoms with Crippen LogP contribution < -0.4 is 0 Å². The summed E-state index contributed by atoms with van der Waals surface area (Å²) >= 11 is 5.58. The summed E-state index contributed by atoms with van der Waals surface area (Å²) in [6, 6.07) is 0. The summed E-state index contributed by atoms with van der Waals surface area (Å²) in [4.78, 5) is 10.5. The highest BCUT2D eigenvalue weighted by molar-refractivity contribution is 6.29. The van der Waals surface area contributed by atoms with E-state index in [0.29, 0.717) is 11.8 Å². The lowest BCUT2D eigenvalue weighted by Crippen LogP contribution is -2.30. The quantitative estimate of drug-likeness (QED) is 0.761. The van der Waals surface area contributed by atoms with Crippen LogP contribution in [0.25, 0.3) is 0 Å². The Morgan fingerprint density at radius 1 is 1.40 bits per heavy atom. The summed E-state index contributed by atoms with van der Waals surface area (Å²) in [5, 5.41) is 7.68. The number of hydrogen-bond donors (Lipinski definition) is 1. The Hall–Kier alpha value is -0.280. The third-order valence-corrected chi connectivity index (χ3v) is 3.19. The van der Waals surface area contributed by atoms with Crippen molar-refractivity contribution in [3.05, 3.63) is 0 Å². The summed E-state index contributed by atoms with van der Waals surface area (Å²) in [7, 11) is 0. The first kappa shape index (κ1) is 12.8. The third-order valence-electron chi connectivity index (χ3n) is 2.88. The highest BCUT2D eigenvalue weighted by Gasteiger charge is 2.25. The van der Waals surface area contributed by atoms with E-state index in [4.69, 9.17) is 21.4 Å². The molecule has 88 valence electrons. The molecule has 1 aliphatic carbocycles. The Morgan fingerprint density at radius 2 is 1.93 bits per heavy atom. The van der Waals surface area contributed by atoms with Gasteiger partial charge in [0.25, 0.3) is 0 Å². The molecule has 4 heteroatoms. The monoisotopic (exact) mass is 234 g/mol. The lowest BCUT2D eigenvalue weighted by molar-refractivity contribution is -0.138. The molecule has 3 nitrogen and oxygen atoms in total. The van der Waals surface area contributed by atoms with Crippen molar-refractivity contribution in [2.24, 2.45) is 11.8 Å². The molecule has 3 unspecified atom stereocenters. The maximum atomic E-state index is 10.5. The molecular formula is C11H19ClO3. The highest BCUT2D eigenvalue weighted by Crippen LogP contribution is 2.30. The molecule has 0 aromatic heterocycles. The molecule has 0 aliphatic heterocycles. The molecule has 0 saturated heterocycles. The maximum Gasteiger partial charge on any atom is 0.324 e. The van der Waals surface area contributed by atoms with Gasteiger partial charge in [0.2, 0.25) is 0 Å². The van der Waals surface area contributed by atoms with Crippen molar-refractivity contribution in [1.82, 2.24) is 0 Å². The van der Waals surface area contributed by atoms with Crippen molar-refractivity contribution in [2.75, 3.05) is 6.61 Å². The van der Waals surface area contributed by atoms with Crippen LogP contribution in [0.5, 0.6) is 0 Å². The van der Waals surface area contributed by atoms with Crippen molar-refractivity contribution < 1.29 is 14.6 Å². The predicted octanol–water partition coefficient (Wildman–Crippen LogP) is 2.52. The van der Waals surface area contributed by atoms with Crippen LogP contribution in [0.2, 0.25) is 0 Å². The van der Waals surface area contributed by atoms with Crippen LogP contribution in [0, 0.1) is 11.8 Å². The van der Waals surface area contributed by atoms with Crippen LogP contribution in [0.4, 0.5) is 0 Å². The van der Waals surface area contributed by atoms with Gasteiger partial charge in [0.15, 0.2) is 5.38 Å². The number of halogens is 1. The van der Waals surface area contributed by atoms with E-state index < -0.39 is 11.3 Å². The number of hydrogen-bond acceptors (Lipinski definition) is 2. The van der Waals surface area contributed by atoms with Crippen LogP contribution in [-0.4, -0.2) is 29.2 Å². The molecule has 0 aromatic rings. The fourth-order valence-electron chi connectivity index (χ4n) is 2.30. The minimum Gasteiger partial charge on any atom is -0.480 e. The van der Waals surface area contributed by atoms with Crippen molar-refractivity contribution in [2.45, 2.75) is 44.6 Å². The second-order valence-corrected chi connectivity index (χ2v) is 5.21. The smallest absolute Gasteiger partial charge is 0.324 e. The second kappa shape index (κ2) is 5.71. The summed E-state index contributed by atoms with van der Waals surface area (Å²) in [6.07, 6.45) is 3.47. The zero-order valence-electron chi connectivity index (χ0n) is 9.28. The number of carboxylic acids is 1. The molecule has 1 fully saturated rings. The summed E-state index contributed by atoms with van der Waals surface area (Å²) in [6.45, 7) is 4.53. The zero-order valence-corrected chi connectivity index (χ0v) is 10.0. The molecule has 1 rings (SSSR count). The number of carbonyl (C=O) groups is 1. The van der Waals surface area contributed by atoms with Gasteiger partial charge in [-0.15, -0.1) is 11.6 Å². The van der Waals surface area contributed by atoms with Gasteiger partial charge in [-0.2, -0.15) is 0 Å². The van der Waals surface area contributed by atoms with Gasteiger partial charge >= 0.3 is 5.97 Å². The highest BCUT2D eigenvalue weighted by atomic mass is 35.5. The Kier molecular flexibility index (Phi) is 4.87. The van der Waals surface area contributed by atoms with Gasteiger partial charge in [-0.3, -0.25) is 4.79 Å². The first-order valence-electron chi connectivity index (χ1n) is 5.47. The van der Waals surface area contributed by atoms with E-state index in [1.807, 2.05) is 0 Å². The lowest BCUT2D eigenvalue weighted by atomic mass is 9.82. The van der Waals surface area contributed by atoms with Gasteiger partial charge in [0.05, 0.1) is 12.7 Å². The number of alkyl halides is 1. The van der Waals surface area contributed by atoms with Gasteiger partial charge in [-0.25, -0.2) is 0 Å². The molecule has 0 heterocycles. The van der Waals surface area contributed by atoms with Crippen LogP contribution in [0.3, 0.4) is 0 Å². The van der Waals surface area contributed by atoms with E-state index in [0.717, 1.165) is 12.8 Å². The Morgan fingerprint density at radius 3 is 2.40 bits per heavy atom. The van der Waals surface area contributed by atoms with Crippen molar-refractivity contribution in [3.63, 3.8) is 0 Å². The van der Waals surface area contributed by atoms with Gasteiger partial charge < -0.3 is 9.84 Å². The van der Waals surface area contributed by atoms with Gasteiger partial charge in [0, 0.05) is 0 Å².